The molecule has 0 unspecified atom stereocenters. The molecule has 1 aromatic heterocycles. The molecule has 0 radical (unpaired) electrons. The Morgan fingerprint density at radius 2 is 1.48 bits per heavy atom. The molecule has 1 aliphatic rings. The molecule has 0 spiro atoms. The first-order chi connectivity index (χ1) is 22.3. The number of alkyl halides is 6. The molecule has 0 saturated carbocycles. The van der Waals surface area contributed by atoms with Gasteiger partial charge in [-0.3, -0.25) is 9.59 Å². The second-order valence-corrected chi connectivity index (χ2v) is 10.4. The lowest BCUT2D eigenvalue weighted by atomic mass is 9.93. The maximum Gasteiger partial charge on any atom is 0.490 e. The monoisotopic (exact) mass is 685 g/mol. The Bertz CT molecular complexity index is 1550. The summed E-state index contributed by atoms with van der Waals surface area (Å²) in [6.07, 6.45) is -9.48. The van der Waals surface area contributed by atoms with Gasteiger partial charge in [0.05, 0.1) is 6.04 Å². The summed E-state index contributed by atoms with van der Waals surface area (Å²) < 4.78 is 63.5. The van der Waals surface area contributed by atoms with Crippen LogP contribution in [0.5, 0.6) is 0 Å². The molecule has 0 aliphatic carbocycles. The van der Waals surface area contributed by atoms with E-state index >= 15 is 0 Å². The van der Waals surface area contributed by atoms with Gasteiger partial charge in [-0.05, 0) is 54.5 Å². The second kappa shape index (κ2) is 17.1. The highest BCUT2D eigenvalue weighted by Gasteiger charge is 2.39. The molecular weight excluding hydrogens is 652 g/mol. The van der Waals surface area contributed by atoms with Gasteiger partial charge in [-0.15, -0.1) is 0 Å². The molecule has 260 valence electrons. The number of aliphatic carboxylic acids is 2. The van der Waals surface area contributed by atoms with Gasteiger partial charge in [0, 0.05) is 18.8 Å². The molecule has 2 heterocycles. The molecule has 11 nitrogen and oxygen atoms in total. The largest absolute Gasteiger partial charge is 0.490 e. The van der Waals surface area contributed by atoms with Crippen LogP contribution in [0.1, 0.15) is 36.1 Å². The third-order valence-electron chi connectivity index (χ3n) is 6.82. The first kappa shape index (κ1) is 39.0. The summed E-state index contributed by atoms with van der Waals surface area (Å²) in [6.45, 7) is 4.60. The zero-order valence-corrected chi connectivity index (χ0v) is 25.5. The number of pyridine rings is 1. The first-order valence-electron chi connectivity index (χ1n) is 14.1. The van der Waals surface area contributed by atoms with Gasteiger partial charge >= 0.3 is 24.3 Å². The zero-order chi connectivity index (χ0) is 36.2. The second-order valence-electron chi connectivity index (χ2n) is 10.4. The lowest BCUT2D eigenvalue weighted by molar-refractivity contribution is -0.193. The van der Waals surface area contributed by atoms with Crippen molar-refractivity contribution in [3.05, 3.63) is 83.6 Å². The summed E-state index contributed by atoms with van der Waals surface area (Å²) in [5.41, 5.74) is 10.9. The number of nitrogens with two attached hydrogens (primary N) is 1. The van der Waals surface area contributed by atoms with E-state index in [1.54, 1.807) is 13.0 Å². The summed E-state index contributed by atoms with van der Waals surface area (Å²) in [5.74, 6) is -5.23. The number of nitrogens with one attached hydrogen (secondary N) is 3. The maximum absolute atomic E-state index is 12.8. The zero-order valence-electron chi connectivity index (χ0n) is 25.5. The first-order valence-corrected chi connectivity index (χ1v) is 14.1. The highest BCUT2D eigenvalue weighted by molar-refractivity contribution is 5.89. The van der Waals surface area contributed by atoms with Crippen LogP contribution in [0.15, 0.2) is 66.7 Å². The maximum atomic E-state index is 12.8. The molecule has 3 atom stereocenters. The number of carbonyl (C=O) groups excluding carboxylic acids is 2. The minimum atomic E-state index is -5.08. The third kappa shape index (κ3) is 12.5. The Hall–Kier alpha value is -5.19. The van der Waals surface area contributed by atoms with E-state index in [4.69, 9.17) is 25.5 Å². The summed E-state index contributed by atoms with van der Waals surface area (Å²) in [6, 6.07) is 21.3. The number of carboxylic acid groups (broad SMARTS) is 2. The molecule has 1 saturated heterocycles. The number of amides is 2. The van der Waals surface area contributed by atoms with Crippen LogP contribution in [0.4, 0.5) is 32.2 Å². The standard InChI is InChI=1S/C27H31N5O2.2C2HF3O2/c1-17-22(11-12-25(28)31-17)15-30-26(33)18(2)32-27(34)24-14-23(16-29-24)21-10-6-9-20(13-21)19-7-4-3-5-8-19;2*3-2(4,5)1(6)7/h3-13,18,23-24,29H,14-16H2,1-2H3,(H2,28,31)(H,30,33)(H,32,34);2*(H,6,7)/t18-,23+,24-;;/m1../s1. The van der Waals surface area contributed by atoms with Crippen LogP contribution >= 0.6 is 0 Å². The van der Waals surface area contributed by atoms with Crippen molar-refractivity contribution in [3.63, 3.8) is 0 Å². The number of anilines is 1. The minimum Gasteiger partial charge on any atom is -0.475 e. The van der Waals surface area contributed by atoms with Gasteiger partial charge in [0.15, 0.2) is 0 Å². The Labute approximate surface area is 270 Å². The predicted molar refractivity (Wildman–Crippen MR) is 161 cm³/mol. The third-order valence-corrected chi connectivity index (χ3v) is 6.82. The number of nitrogen functional groups attached to an aromatic ring is 1. The van der Waals surface area contributed by atoms with Gasteiger partial charge in [-0.2, -0.15) is 26.3 Å². The van der Waals surface area contributed by atoms with Crippen molar-refractivity contribution in [3.8, 4) is 11.1 Å². The number of aryl methyl sites for hydroxylation is 1. The van der Waals surface area contributed by atoms with Crippen LogP contribution in [0.3, 0.4) is 0 Å². The number of hydrogen-bond donors (Lipinski definition) is 6. The molecule has 0 bridgehead atoms. The molecule has 2 amide bonds. The summed E-state index contributed by atoms with van der Waals surface area (Å²) in [7, 11) is 0. The summed E-state index contributed by atoms with van der Waals surface area (Å²) in [5, 5.41) is 23.3. The van der Waals surface area contributed by atoms with E-state index in [0.717, 1.165) is 17.8 Å². The number of rotatable bonds is 7. The normalized spacial score (nSPS) is 16.2. The number of benzene rings is 2. The van der Waals surface area contributed by atoms with Gasteiger partial charge in [-0.1, -0.05) is 60.7 Å². The van der Waals surface area contributed by atoms with E-state index in [9.17, 15) is 35.9 Å². The summed E-state index contributed by atoms with van der Waals surface area (Å²) in [4.78, 5) is 47.3. The van der Waals surface area contributed by atoms with E-state index in [1.165, 1.54) is 16.7 Å². The van der Waals surface area contributed by atoms with Crippen LogP contribution < -0.4 is 21.7 Å². The molecule has 7 N–H and O–H groups in total. The van der Waals surface area contributed by atoms with Gasteiger partial charge in [0.2, 0.25) is 11.8 Å². The molecule has 3 aromatic rings. The molecule has 2 aromatic carbocycles. The lowest BCUT2D eigenvalue weighted by Crippen LogP contribution is -2.50. The average Bonchev–Trinajstić information content (AvgIpc) is 3.51. The minimum absolute atomic E-state index is 0.158. The van der Waals surface area contributed by atoms with Crippen molar-refractivity contribution in [1.29, 1.82) is 0 Å². The number of carboxylic acids is 2. The Morgan fingerprint density at radius 1 is 0.917 bits per heavy atom. The fourth-order valence-corrected chi connectivity index (χ4v) is 4.30. The predicted octanol–water partition coefficient (Wildman–Crippen LogP) is 4.17. The van der Waals surface area contributed by atoms with Crippen molar-refractivity contribution in [2.24, 2.45) is 0 Å². The molecule has 1 aliphatic heterocycles. The van der Waals surface area contributed by atoms with Crippen molar-refractivity contribution in [2.45, 2.75) is 57.2 Å². The number of carbonyl (C=O) groups is 4. The molecule has 4 rings (SSSR count). The van der Waals surface area contributed by atoms with E-state index in [1.807, 2.05) is 31.2 Å². The Balaban J connectivity index is 0.000000479. The van der Waals surface area contributed by atoms with Crippen LogP contribution in [-0.2, 0) is 25.7 Å². The quantitative estimate of drug-likeness (QED) is 0.199. The van der Waals surface area contributed by atoms with Crippen LogP contribution in [0, 0.1) is 6.92 Å². The number of hydrogen-bond acceptors (Lipinski definition) is 7. The van der Waals surface area contributed by atoms with Crippen LogP contribution in [-0.4, -0.2) is 69.9 Å². The van der Waals surface area contributed by atoms with E-state index in [-0.39, 0.29) is 23.8 Å². The molecule has 1 fully saturated rings. The molecule has 48 heavy (non-hydrogen) atoms. The topological polar surface area (TPSA) is 184 Å². The molecule has 17 heteroatoms. The fraction of sp³-hybridized carbons (Fsp3) is 0.323. The van der Waals surface area contributed by atoms with Crippen molar-refractivity contribution in [1.82, 2.24) is 20.9 Å². The van der Waals surface area contributed by atoms with E-state index < -0.39 is 30.3 Å². The Kier molecular flexibility index (Phi) is 13.9. The summed E-state index contributed by atoms with van der Waals surface area (Å²) >= 11 is 0. The van der Waals surface area contributed by atoms with Crippen LogP contribution in [0.2, 0.25) is 0 Å². The van der Waals surface area contributed by atoms with E-state index in [0.29, 0.717) is 18.8 Å². The number of aromatic nitrogens is 1. The molecular formula is C31H33F6N5O6. The van der Waals surface area contributed by atoms with Gasteiger partial charge in [-0.25, -0.2) is 14.6 Å². The smallest absolute Gasteiger partial charge is 0.475 e. The number of nitrogens with zero attached hydrogens (tertiary/aromatic N) is 1. The van der Waals surface area contributed by atoms with Crippen LogP contribution in [0.25, 0.3) is 11.1 Å². The SMILES string of the molecule is Cc1nc(N)ccc1CNC(=O)[C@@H](C)NC(=O)[C@H]1C[C@H](c2cccc(-c3ccccc3)c2)CN1.O=C(O)C(F)(F)F.O=C(O)C(F)(F)F. The Morgan fingerprint density at radius 3 is 2.02 bits per heavy atom. The van der Waals surface area contributed by atoms with Crippen molar-refractivity contribution >= 4 is 29.6 Å². The highest BCUT2D eigenvalue weighted by atomic mass is 19.4. The number of halogens is 6. The average molecular weight is 686 g/mol. The van der Waals surface area contributed by atoms with Gasteiger partial charge in [0.25, 0.3) is 0 Å². The highest BCUT2D eigenvalue weighted by Crippen LogP contribution is 2.29. The fourth-order valence-electron chi connectivity index (χ4n) is 4.30. The van der Waals surface area contributed by atoms with E-state index in [2.05, 4.69) is 57.3 Å². The van der Waals surface area contributed by atoms with Crippen molar-refractivity contribution < 1.29 is 55.7 Å². The lowest BCUT2D eigenvalue weighted by Gasteiger charge is -2.18. The van der Waals surface area contributed by atoms with Gasteiger partial charge < -0.3 is 31.9 Å². The van der Waals surface area contributed by atoms with Crippen molar-refractivity contribution in [2.75, 3.05) is 12.3 Å². The van der Waals surface area contributed by atoms with Gasteiger partial charge in [0.1, 0.15) is 11.9 Å².